The first-order chi connectivity index (χ1) is 10.2. The van der Waals surface area contributed by atoms with Gasteiger partial charge in [0.1, 0.15) is 5.82 Å². The Balaban J connectivity index is 2.01. The number of nitrogen functional groups attached to an aromatic ring is 1. The molecule has 1 aromatic heterocycles. The lowest BCUT2D eigenvalue weighted by molar-refractivity contribution is 0.0726. The van der Waals surface area contributed by atoms with Gasteiger partial charge in [-0.15, -0.1) is 0 Å². The van der Waals surface area contributed by atoms with E-state index in [2.05, 4.69) is 10.4 Å². The van der Waals surface area contributed by atoms with Crippen LogP contribution in [0.3, 0.4) is 0 Å². The molecule has 1 aromatic carbocycles. The highest BCUT2D eigenvalue weighted by Gasteiger charge is 2.28. The number of nitrogens with two attached hydrogens (primary N) is 1. The standard InChI is InChI=1S/C15H18N4O2/c1-21-10-6-7-19(9-10)15(20)12-8-14(18-16)17-13-5-3-2-4-11(12)13/h2-5,8,10H,6-7,9,16H2,1H3,(H,17,18). The van der Waals surface area contributed by atoms with Crippen LogP contribution in [0, 0.1) is 0 Å². The zero-order valence-electron chi connectivity index (χ0n) is 11.9. The SMILES string of the molecule is COC1CCN(C(=O)c2cc(NN)nc3ccccc23)C1. The predicted molar refractivity (Wildman–Crippen MR) is 80.9 cm³/mol. The monoisotopic (exact) mass is 286 g/mol. The van der Waals surface area contributed by atoms with E-state index in [0.717, 1.165) is 17.3 Å². The molecule has 1 aliphatic heterocycles. The summed E-state index contributed by atoms with van der Waals surface area (Å²) in [5.74, 6) is 5.93. The van der Waals surface area contributed by atoms with Crippen molar-refractivity contribution in [2.45, 2.75) is 12.5 Å². The van der Waals surface area contributed by atoms with Gasteiger partial charge < -0.3 is 15.1 Å². The number of methoxy groups -OCH3 is 1. The molecule has 0 aliphatic carbocycles. The van der Waals surface area contributed by atoms with Crippen LogP contribution in [0.5, 0.6) is 0 Å². The molecule has 1 aliphatic rings. The smallest absolute Gasteiger partial charge is 0.254 e. The first kappa shape index (κ1) is 13.8. The maximum Gasteiger partial charge on any atom is 0.254 e. The molecular formula is C15H18N4O2. The molecule has 6 nitrogen and oxygen atoms in total. The average molecular weight is 286 g/mol. The number of hydrazine groups is 1. The fourth-order valence-electron chi connectivity index (χ4n) is 2.70. The van der Waals surface area contributed by atoms with Crippen molar-refractivity contribution in [2.75, 3.05) is 25.6 Å². The van der Waals surface area contributed by atoms with Crippen LogP contribution in [0.1, 0.15) is 16.8 Å². The molecule has 1 atom stereocenters. The van der Waals surface area contributed by atoms with Crippen LogP contribution in [-0.4, -0.2) is 42.1 Å². The van der Waals surface area contributed by atoms with Gasteiger partial charge in [-0.2, -0.15) is 0 Å². The molecule has 1 fully saturated rings. The number of amides is 1. The number of aromatic nitrogens is 1. The lowest BCUT2D eigenvalue weighted by Crippen LogP contribution is -2.30. The molecule has 21 heavy (non-hydrogen) atoms. The number of para-hydroxylation sites is 1. The molecule has 1 unspecified atom stereocenters. The van der Waals surface area contributed by atoms with Gasteiger partial charge in [0, 0.05) is 25.6 Å². The Morgan fingerprint density at radius 3 is 3.00 bits per heavy atom. The number of ether oxygens (including phenoxy) is 1. The van der Waals surface area contributed by atoms with E-state index >= 15 is 0 Å². The number of nitrogens with one attached hydrogen (secondary N) is 1. The number of likely N-dealkylation sites (tertiary alicyclic amines) is 1. The number of hydrogen-bond acceptors (Lipinski definition) is 5. The maximum atomic E-state index is 12.8. The van der Waals surface area contributed by atoms with Gasteiger partial charge in [0.25, 0.3) is 5.91 Å². The Hall–Kier alpha value is -2.18. The first-order valence-corrected chi connectivity index (χ1v) is 6.91. The number of hydrogen-bond donors (Lipinski definition) is 2. The summed E-state index contributed by atoms with van der Waals surface area (Å²) in [6.45, 7) is 1.33. The fourth-order valence-corrected chi connectivity index (χ4v) is 2.70. The fraction of sp³-hybridized carbons (Fsp3) is 0.333. The molecular weight excluding hydrogens is 268 g/mol. The number of rotatable bonds is 3. The zero-order valence-corrected chi connectivity index (χ0v) is 11.9. The van der Waals surface area contributed by atoms with E-state index in [-0.39, 0.29) is 12.0 Å². The molecule has 0 saturated carbocycles. The van der Waals surface area contributed by atoms with Crippen molar-refractivity contribution in [1.82, 2.24) is 9.88 Å². The van der Waals surface area contributed by atoms with Crippen molar-refractivity contribution in [3.63, 3.8) is 0 Å². The lowest BCUT2D eigenvalue weighted by Gasteiger charge is -2.18. The Morgan fingerprint density at radius 1 is 1.48 bits per heavy atom. The minimum absolute atomic E-state index is 0.00958. The van der Waals surface area contributed by atoms with Crippen LogP contribution in [0.15, 0.2) is 30.3 Å². The lowest BCUT2D eigenvalue weighted by atomic mass is 10.1. The molecule has 1 saturated heterocycles. The van der Waals surface area contributed by atoms with Gasteiger partial charge in [0.2, 0.25) is 0 Å². The highest BCUT2D eigenvalue weighted by atomic mass is 16.5. The summed E-state index contributed by atoms with van der Waals surface area (Å²) in [6, 6.07) is 9.26. The van der Waals surface area contributed by atoms with Crippen molar-refractivity contribution < 1.29 is 9.53 Å². The van der Waals surface area contributed by atoms with Gasteiger partial charge in [-0.1, -0.05) is 18.2 Å². The molecule has 110 valence electrons. The second kappa shape index (κ2) is 5.67. The van der Waals surface area contributed by atoms with Crippen LogP contribution in [-0.2, 0) is 4.74 Å². The summed E-state index contributed by atoms with van der Waals surface area (Å²) < 4.78 is 5.32. The quantitative estimate of drug-likeness (QED) is 0.658. The van der Waals surface area contributed by atoms with E-state index in [1.54, 1.807) is 13.2 Å². The van der Waals surface area contributed by atoms with Gasteiger partial charge in [0.15, 0.2) is 0 Å². The van der Waals surface area contributed by atoms with Gasteiger partial charge in [-0.25, -0.2) is 10.8 Å². The molecule has 3 N–H and O–H groups in total. The van der Waals surface area contributed by atoms with Crippen molar-refractivity contribution in [1.29, 1.82) is 0 Å². The van der Waals surface area contributed by atoms with E-state index in [9.17, 15) is 4.79 Å². The summed E-state index contributed by atoms with van der Waals surface area (Å²) in [4.78, 5) is 18.9. The van der Waals surface area contributed by atoms with Crippen molar-refractivity contribution in [2.24, 2.45) is 5.84 Å². The van der Waals surface area contributed by atoms with Crippen LogP contribution in [0.2, 0.25) is 0 Å². The minimum Gasteiger partial charge on any atom is -0.380 e. The number of nitrogens with zero attached hydrogens (tertiary/aromatic N) is 2. The molecule has 0 spiro atoms. The average Bonchev–Trinajstić information content (AvgIpc) is 3.02. The number of carbonyl (C=O) groups excluding carboxylic acids is 1. The Labute approximate surface area is 122 Å². The molecule has 1 amide bonds. The topological polar surface area (TPSA) is 80.5 Å². The highest BCUT2D eigenvalue weighted by molar-refractivity contribution is 6.07. The van der Waals surface area contributed by atoms with E-state index in [1.807, 2.05) is 29.2 Å². The largest absolute Gasteiger partial charge is 0.380 e. The molecule has 0 radical (unpaired) electrons. The Morgan fingerprint density at radius 2 is 2.29 bits per heavy atom. The van der Waals surface area contributed by atoms with E-state index in [1.165, 1.54) is 0 Å². The van der Waals surface area contributed by atoms with Crippen LogP contribution in [0.25, 0.3) is 10.9 Å². The van der Waals surface area contributed by atoms with Crippen molar-refractivity contribution >= 4 is 22.6 Å². The summed E-state index contributed by atoms with van der Waals surface area (Å²) in [6.07, 6.45) is 0.988. The van der Waals surface area contributed by atoms with Crippen molar-refractivity contribution in [3.8, 4) is 0 Å². The highest BCUT2D eigenvalue weighted by Crippen LogP contribution is 2.24. The molecule has 6 heteroatoms. The summed E-state index contributed by atoms with van der Waals surface area (Å²) in [5.41, 5.74) is 3.88. The minimum atomic E-state index is -0.00958. The number of carbonyl (C=O) groups is 1. The second-order valence-electron chi connectivity index (χ2n) is 5.11. The third kappa shape index (κ3) is 2.55. The zero-order chi connectivity index (χ0) is 14.8. The van der Waals surface area contributed by atoms with E-state index < -0.39 is 0 Å². The number of benzene rings is 1. The third-order valence-corrected chi connectivity index (χ3v) is 3.86. The first-order valence-electron chi connectivity index (χ1n) is 6.91. The third-order valence-electron chi connectivity index (χ3n) is 3.86. The molecule has 0 bridgehead atoms. The van der Waals surface area contributed by atoms with Gasteiger partial charge >= 0.3 is 0 Å². The van der Waals surface area contributed by atoms with Crippen molar-refractivity contribution in [3.05, 3.63) is 35.9 Å². The number of pyridine rings is 1. The van der Waals surface area contributed by atoms with Gasteiger partial charge in [-0.05, 0) is 18.6 Å². The second-order valence-corrected chi connectivity index (χ2v) is 5.11. The van der Waals surface area contributed by atoms with Crippen LogP contribution < -0.4 is 11.3 Å². The van der Waals surface area contributed by atoms with E-state index in [4.69, 9.17) is 10.6 Å². The van der Waals surface area contributed by atoms with Gasteiger partial charge in [0.05, 0.1) is 17.2 Å². The molecule has 3 rings (SSSR count). The molecule has 2 aromatic rings. The molecule has 2 heterocycles. The Bertz CT molecular complexity index is 674. The Kier molecular flexibility index (Phi) is 3.72. The van der Waals surface area contributed by atoms with E-state index in [0.29, 0.717) is 24.5 Å². The summed E-state index contributed by atoms with van der Waals surface area (Å²) in [5, 5.41) is 0.836. The van der Waals surface area contributed by atoms with Gasteiger partial charge in [-0.3, -0.25) is 4.79 Å². The predicted octanol–water partition coefficient (Wildman–Crippen LogP) is 1.38. The van der Waals surface area contributed by atoms with Crippen LogP contribution >= 0.6 is 0 Å². The number of anilines is 1. The van der Waals surface area contributed by atoms with Crippen LogP contribution in [0.4, 0.5) is 5.82 Å². The maximum absolute atomic E-state index is 12.8. The summed E-state index contributed by atoms with van der Waals surface area (Å²) >= 11 is 0. The normalized spacial score (nSPS) is 18.2. The number of fused-ring (bicyclic) bond motifs is 1. The summed E-state index contributed by atoms with van der Waals surface area (Å²) in [7, 11) is 1.68.